The van der Waals surface area contributed by atoms with Crippen LogP contribution in [-0.2, 0) is 4.79 Å². The Hall–Kier alpha value is -2.19. The number of fused-ring (bicyclic) bond motifs is 1. The maximum atomic E-state index is 12.4. The molecule has 1 aliphatic heterocycles. The summed E-state index contributed by atoms with van der Waals surface area (Å²) in [6.45, 7) is 3.38. The molecule has 0 N–H and O–H groups in total. The van der Waals surface area contributed by atoms with Gasteiger partial charge in [0.25, 0.3) is 0 Å². The second-order valence-electron chi connectivity index (χ2n) is 6.25. The van der Waals surface area contributed by atoms with Crippen LogP contribution < -0.4 is 9.64 Å². The zero-order chi connectivity index (χ0) is 18.6. The molecular weight excluding hydrogens is 428 g/mol. The average molecular weight is 447 g/mol. The van der Waals surface area contributed by atoms with Crippen molar-refractivity contribution in [3.05, 3.63) is 47.1 Å². The highest BCUT2D eigenvalue weighted by atomic mass is 79.9. The van der Waals surface area contributed by atoms with Crippen molar-refractivity contribution in [3.63, 3.8) is 0 Å². The van der Waals surface area contributed by atoms with Crippen molar-refractivity contribution in [2.45, 2.75) is 6.42 Å². The Morgan fingerprint density at radius 3 is 2.81 bits per heavy atom. The van der Waals surface area contributed by atoms with Crippen LogP contribution in [0.3, 0.4) is 0 Å². The van der Waals surface area contributed by atoms with Gasteiger partial charge in [0.05, 0.1) is 13.0 Å². The summed E-state index contributed by atoms with van der Waals surface area (Å²) in [6, 6.07) is 11.5. The van der Waals surface area contributed by atoms with Gasteiger partial charge in [0.2, 0.25) is 5.91 Å². The molecule has 0 unspecified atom stereocenters. The number of rotatable bonds is 5. The molecule has 1 aromatic carbocycles. The van der Waals surface area contributed by atoms with E-state index in [4.69, 9.17) is 4.74 Å². The van der Waals surface area contributed by atoms with Crippen molar-refractivity contribution in [2.24, 2.45) is 0 Å². The molecule has 1 amide bonds. The van der Waals surface area contributed by atoms with E-state index in [0.717, 1.165) is 38.8 Å². The lowest BCUT2D eigenvalue weighted by atomic mass is 10.3. The quantitative estimate of drug-likeness (QED) is 0.599. The van der Waals surface area contributed by atoms with Crippen LogP contribution in [0.15, 0.2) is 47.1 Å². The Labute approximate surface area is 169 Å². The summed E-state index contributed by atoms with van der Waals surface area (Å²) in [4.78, 5) is 26.5. The van der Waals surface area contributed by atoms with Gasteiger partial charge in [-0.3, -0.25) is 4.79 Å². The van der Waals surface area contributed by atoms with Crippen molar-refractivity contribution in [1.82, 2.24) is 14.9 Å². The lowest BCUT2D eigenvalue weighted by Gasteiger charge is -2.34. The van der Waals surface area contributed by atoms with Crippen LogP contribution in [0.2, 0.25) is 0 Å². The first kappa shape index (κ1) is 18.2. The normalized spacial score (nSPS) is 14.6. The number of amides is 1. The van der Waals surface area contributed by atoms with Crippen LogP contribution in [0.5, 0.6) is 5.75 Å². The molecule has 140 valence electrons. The van der Waals surface area contributed by atoms with E-state index in [1.807, 2.05) is 41.3 Å². The van der Waals surface area contributed by atoms with Gasteiger partial charge in [-0.05, 0) is 30.3 Å². The number of aromatic nitrogens is 2. The third-order valence-corrected chi connectivity index (χ3v) is 5.97. The number of hydrogen-bond acceptors (Lipinski definition) is 6. The SMILES string of the molecule is O=C(CCOc1cccc(Br)c1)N1CCN(c2nc3cccnc3s2)CC1. The maximum absolute atomic E-state index is 12.4. The number of halogens is 1. The van der Waals surface area contributed by atoms with E-state index in [9.17, 15) is 4.79 Å². The van der Waals surface area contributed by atoms with E-state index < -0.39 is 0 Å². The van der Waals surface area contributed by atoms with Gasteiger partial charge in [-0.25, -0.2) is 9.97 Å². The molecule has 0 atom stereocenters. The lowest BCUT2D eigenvalue weighted by Crippen LogP contribution is -2.49. The van der Waals surface area contributed by atoms with Crippen LogP contribution >= 0.6 is 27.3 Å². The number of carbonyl (C=O) groups excluding carboxylic acids is 1. The molecule has 3 heterocycles. The molecule has 0 bridgehead atoms. The Morgan fingerprint density at radius 1 is 1.19 bits per heavy atom. The highest BCUT2D eigenvalue weighted by molar-refractivity contribution is 9.10. The Balaban J connectivity index is 1.26. The lowest BCUT2D eigenvalue weighted by molar-refractivity contribution is -0.132. The first-order chi connectivity index (χ1) is 13.2. The summed E-state index contributed by atoms with van der Waals surface area (Å²) >= 11 is 5.02. The zero-order valence-electron chi connectivity index (χ0n) is 14.7. The average Bonchev–Trinajstić information content (AvgIpc) is 3.12. The van der Waals surface area contributed by atoms with Gasteiger partial charge in [0.15, 0.2) is 5.13 Å². The third-order valence-electron chi connectivity index (χ3n) is 4.44. The molecule has 0 saturated carbocycles. The molecule has 3 aromatic rings. The second-order valence-corrected chi connectivity index (χ2v) is 8.12. The first-order valence-corrected chi connectivity index (χ1v) is 10.4. The van der Waals surface area contributed by atoms with Gasteiger partial charge in [0.1, 0.15) is 16.1 Å². The van der Waals surface area contributed by atoms with E-state index in [1.54, 1.807) is 17.5 Å². The predicted molar refractivity (Wildman–Crippen MR) is 110 cm³/mol. The summed E-state index contributed by atoms with van der Waals surface area (Å²) in [5.41, 5.74) is 0.931. The molecule has 2 aromatic heterocycles. The number of pyridine rings is 1. The van der Waals surface area contributed by atoms with Crippen LogP contribution in [0, 0.1) is 0 Å². The van der Waals surface area contributed by atoms with Crippen LogP contribution in [0.4, 0.5) is 5.13 Å². The number of thiazole rings is 1. The molecule has 0 radical (unpaired) electrons. The standard InChI is InChI=1S/C19H19BrN4O2S/c20-14-3-1-4-15(13-14)26-12-6-17(25)23-8-10-24(11-9-23)19-22-16-5-2-7-21-18(16)27-19/h1-5,7,13H,6,8-12H2. The van der Waals surface area contributed by atoms with Gasteiger partial charge in [-0.15, -0.1) is 0 Å². The molecule has 8 heteroatoms. The number of nitrogens with zero attached hydrogens (tertiary/aromatic N) is 4. The molecule has 0 aliphatic carbocycles. The van der Waals surface area contributed by atoms with E-state index >= 15 is 0 Å². The van der Waals surface area contributed by atoms with E-state index in [-0.39, 0.29) is 5.91 Å². The number of ether oxygens (including phenoxy) is 1. The number of carbonyl (C=O) groups is 1. The zero-order valence-corrected chi connectivity index (χ0v) is 17.1. The fraction of sp³-hybridized carbons (Fsp3) is 0.316. The van der Waals surface area contributed by atoms with Gasteiger partial charge in [-0.2, -0.15) is 0 Å². The number of benzene rings is 1. The van der Waals surface area contributed by atoms with E-state index in [0.29, 0.717) is 26.1 Å². The third kappa shape index (κ3) is 4.39. The van der Waals surface area contributed by atoms with Crippen molar-refractivity contribution in [3.8, 4) is 5.75 Å². The van der Waals surface area contributed by atoms with Crippen molar-refractivity contribution in [1.29, 1.82) is 0 Å². The predicted octanol–water partition coefficient (Wildman–Crippen LogP) is 3.57. The summed E-state index contributed by atoms with van der Waals surface area (Å²) < 4.78 is 6.63. The summed E-state index contributed by atoms with van der Waals surface area (Å²) in [5, 5.41) is 0.980. The van der Waals surface area contributed by atoms with Crippen LogP contribution in [0.25, 0.3) is 10.3 Å². The van der Waals surface area contributed by atoms with Gasteiger partial charge < -0.3 is 14.5 Å². The van der Waals surface area contributed by atoms with Crippen LogP contribution in [-0.4, -0.2) is 53.6 Å². The highest BCUT2D eigenvalue weighted by Crippen LogP contribution is 2.27. The Kier molecular flexibility index (Phi) is 5.54. The fourth-order valence-corrected chi connectivity index (χ4v) is 4.35. The van der Waals surface area contributed by atoms with Crippen molar-refractivity contribution >= 4 is 48.7 Å². The highest BCUT2D eigenvalue weighted by Gasteiger charge is 2.23. The largest absolute Gasteiger partial charge is 0.493 e. The Morgan fingerprint density at radius 2 is 2.04 bits per heavy atom. The van der Waals surface area contributed by atoms with Gasteiger partial charge in [0, 0.05) is 36.8 Å². The topological polar surface area (TPSA) is 58.6 Å². The van der Waals surface area contributed by atoms with E-state index in [2.05, 4.69) is 30.8 Å². The number of hydrogen-bond donors (Lipinski definition) is 0. The van der Waals surface area contributed by atoms with Crippen molar-refractivity contribution < 1.29 is 9.53 Å². The summed E-state index contributed by atoms with van der Waals surface area (Å²) in [7, 11) is 0. The molecule has 1 aliphatic rings. The molecule has 27 heavy (non-hydrogen) atoms. The fourth-order valence-electron chi connectivity index (χ4n) is 3.01. The van der Waals surface area contributed by atoms with Crippen molar-refractivity contribution in [2.75, 3.05) is 37.7 Å². The van der Waals surface area contributed by atoms with Crippen LogP contribution in [0.1, 0.15) is 6.42 Å². The molecular formula is C19H19BrN4O2S. The molecule has 1 fully saturated rings. The minimum atomic E-state index is 0.135. The maximum Gasteiger partial charge on any atom is 0.226 e. The molecule has 1 saturated heterocycles. The minimum Gasteiger partial charge on any atom is -0.493 e. The van der Waals surface area contributed by atoms with Gasteiger partial charge in [-0.1, -0.05) is 33.3 Å². The minimum absolute atomic E-state index is 0.135. The summed E-state index contributed by atoms with van der Waals surface area (Å²) in [6.07, 6.45) is 2.18. The van der Waals surface area contributed by atoms with Gasteiger partial charge >= 0.3 is 0 Å². The molecule has 0 spiro atoms. The number of piperazine rings is 1. The second kappa shape index (κ2) is 8.22. The smallest absolute Gasteiger partial charge is 0.226 e. The molecule has 6 nitrogen and oxygen atoms in total. The number of anilines is 1. The Bertz CT molecular complexity index is 907. The van der Waals surface area contributed by atoms with E-state index in [1.165, 1.54) is 0 Å². The monoisotopic (exact) mass is 446 g/mol. The first-order valence-electron chi connectivity index (χ1n) is 8.82. The summed E-state index contributed by atoms with van der Waals surface area (Å²) in [5.74, 6) is 0.905. The molecule has 4 rings (SSSR count).